The number of rotatable bonds is 4. The summed E-state index contributed by atoms with van der Waals surface area (Å²) in [7, 11) is 2.34. The summed E-state index contributed by atoms with van der Waals surface area (Å²) >= 11 is 9.12. The topological polar surface area (TPSA) is 104 Å². The van der Waals surface area contributed by atoms with Gasteiger partial charge in [-0.1, -0.05) is 92.1 Å². The molecule has 0 saturated heterocycles. The maximum absolute atomic E-state index is 14.7. The summed E-state index contributed by atoms with van der Waals surface area (Å²) in [6.45, 7) is 18.3. The van der Waals surface area contributed by atoms with Gasteiger partial charge < -0.3 is 22.1 Å². The monoisotopic (exact) mass is 1150 g/mol. The minimum atomic E-state index is -1.24. The number of hydrogen-bond donors (Lipinski definition) is 1. The van der Waals surface area contributed by atoms with Crippen LogP contribution >= 0.6 is 54.5 Å². The zero-order valence-electron chi connectivity index (χ0n) is 39.1. The number of halogens is 5. The molecule has 4 aromatic rings. The van der Waals surface area contributed by atoms with Crippen molar-refractivity contribution in [3.8, 4) is 0 Å². The van der Waals surface area contributed by atoms with Gasteiger partial charge in [0.05, 0.1) is 41.0 Å². The number of nitrogens with zero attached hydrogens (tertiary/aromatic N) is 4. The summed E-state index contributed by atoms with van der Waals surface area (Å²) in [6, 6.07) is 17.4. The largest absolute Gasteiger partial charge is 1.00 e. The normalized spacial score (nSPS) is 25.4. The van der Waals surface area contributed by atoms with Crippen LogP contribution in [0.3, 0.4) is 0 Å². The van der Waals surface area contributed by atoms with Crippen molar-refractivity contribution in [2.45, 2.75) is 127 Å². The van der Waals surface area contributed by atoms with E-state index in [1.165, 1.54) is 35.4 Å². The van der Waals surface area contributed by atoms with Crippen molar-refractivity contribution < 1.29 is 41.3 Å². The van der Waals surface area contributed by atoms with Gasteiger partial charge in [-0.25, -0.2) is 17.8 Å². The molecule has 66 heavy (non-hydrogen) atoms. The Morgan fingerprint density at radius 2 is 1.52 bits per heavy atom. The van der Waals surface area contributed by atoms with E-state index in [-0.39, 0.29) is 52.1 Å². The number of pyridine rings is 1. The van der Waals surface area contributed by atoms with E-state index in [0.29, 0.717) is 15.2 Å². The number of ether oxygens (including phenoxy) is 2. The number of fused-ring (bicyclic) bond motifs is 6. The quantitative estimate of drug-likeness (QED) is 0.125. The van der Waals surface area contributed by atoms with Gasteiger partial charge in [-0.2, -0.15) is 10.8 Å². The molecule has 1 aliphatic heterocycles. The zero-order chi connectivity index (χ0) is 47.3. The average Bonchev–Trinajstić information content (AvgIpc) is 3.85. The molecular weight excluding hydrogens is 1090 g/mol. The number of benzene rings is 3. The summed E-state index contributed by atoms with van der Waals surface area (Å²) in [5.74, 6) is -0.553. The molecule has 2 N–H and O–H groups in total. The van der Waals surface area contributed by atoms with Crippen LogP contribution in [0.1, 0.15) is 125 Å². The van der Waals surface area contributed by atoms with Crippen LogP contribution in [0.15, 0.2) is 85.3 Å². The summed E-state index contributed by atoms with van der Waals surface area (Å²) in [5, 5.41) is 0. The first kappa shape index (κ1) is 54.6. The Bertz CT molecular complexity index is 2480. The molecule has 0 radical (unpaired) electrons. The molecule has 0 bridgehead atoms. The number of nitrogens with two attached hydrogens (primary N) is 1. The van der Waals surface area contributed by atoms with Gasteiger partial charge in [-0.15, -0.1) is 0 Å². The molecule has 3 spiro atoms. The molecule has 15 heteroatoms. The van der Waals surface area contributed by atoms with Crippen molar-refractivity contribution in [2.24, 2.45) is 26.0 Å². The predicted octanol–water partition coefficient (Wildman–Crippen LogP) is 10.5. The van der Waals surface area contributed by atoms with E-state index in [1.54, 1.807) is 32.5 Å². The van der Waals surface area contributed by atoms with E-state index in [2.05, 4.69) is 91.9 Å². The van der Waals surface area contributed by atoms with Gasteiger partial charge >= 0.3 is 18.9 Å². The minimum absolute atomic E-state index is 0. The Morgan fingerprint density at radius 3 is 2.06 bits per heavy atom. The second kappa shape index (κ2) is 23.0. The van der Waals surface area contributed by atoms with E-state index in [4.69, 9.17) is 31.2 Å². The Kier molecular flexibility index (Phi) is 19.1. The van der Waals surface area contributed by atoms with E-state index in [0.717, 1.165) is 96.4 Å². The first-order chi connectivity index (χ1) is 30.9. The van der Waals surface area contributed by atoms with Crippen LogP contribution in [-0.4, -0.2) is 51.9 Å². The second-order valence-corrected chi connectivity index (χ2v) is 23.4. The average molecular weight is 1150 g/mol. The van der Waals surface area contributed by atoms with Crippen molar-refractivity contribution in [3.05, 3.63) is 143 Å². The first-order valence-corrected chi connectivity index (χ1v) is 25.9. The molecule has 3 aromatic carbocycles. The molecule has 9 rings (SSSR count). The number of aliphatic imine (C=N–C) groups is 1. The van der Waals surface area contributed by atoms with Crippen molar-refractivity contribution in [1.29, 1.82) is 0 Å². The third kappa shape index (κ3) is 11.1. The minimum Gasteiger partial charge on any atom is -0.383 e. The molecular formula is C51H59Br2F2ILiN5O3S. The second-order valence-electron chi connectivity index (χ2n) is 18.5. The van der Waals surface area contributed by atoms with Gasteiger partial charge in [0.2, 0.25) is 5.69 Å². The molecule has 348 valence electrons. The maximum Gasteiger partial charge on any atom is 1.00 e. The molecule has 2 unspecified atom stereocenters. The van der Waals surface area contributed by atoms with Crippen LogP contribution in [0.25, 0.3) is 4.85 Å². The van der Waals surface area contributed by atoms with Crippen LogP contribution < -0.4 is 24.6 Å². The number of amidine groups is 1. The molecule has 4 aliphatic carbocycles. The molecule has 8 nitrogen and oxygen atoms in total. The van der Waals surface area contributed by atoms with Crippen LogP contribution in [0.4, 0.5) is 14.5 Å². The van der Waals surface area contributed by atoms with Gasteiger partial charge in [0.1, 0.15) is 28.2 Å². The van der Waals surface area contributed by atoms with Gasteiger partial charge in [0, 0.05) is 54.9 Å². The number of aromatic nitrogens is 1. The van der Waals surface area contributed by atoms with Crippen LogP contribution in [0.5, 0.6) is 0 Å². The third-order valence-corrected chi connectivity index (χ3v) is 16.8. The number of unbranched alkanes of at least 4 members (excludes halogenated alkanes) is 1. The molecule has 1 aromatic heterocycles. The molecule has 2 saturated carbocycles. The van der Waals surface area contributed by atoms with Crippen LogP contribution in [0, 0.1) is 39.5 Å². The van der Waals surface area contributed by atoms with Gasteiger partial charge in [-0.05, 0) is 132 Å². The predicted molar refractivity (Wildman–Crippen MR) is 275 cm³/mol. The Hall–Kier alpha value is -2.34. The Labute approximate surface area is 435 Å². The van der Waals surface area contributed by atoms with Crippen molar-refractivity contribution >= 4 is 82.7 Å². The van der Waals surface area contributed by atoms with Crippen molar-refractivity contribution in [2.75, 3.05) is 14.2 Å². The zero-order valence-corrected chi connectivity index (χ0v) is 45.2. The first-order valence-electron chi connectivity index (χ1n) is 22.2. The summed E-state index contributed by atoms with van der Waals surface area (Å²) in [6.07, 6.45) is 15.9. The molecule has 5 aliphatic rings. The maximum atomic E-state index is 14.7. The Balaban J connectivity index is 0.000000191. The smallest absolute Gasteiger partial charge is 0.383 e. The standard InChI is InChI=1S/C21H21BrFN3O.C19H26BrNO2S.C7H3FIN.C4H9.Li/c1-27-14-4-6-20(7-5-14)9-12-2-3-13(22)8-15(12)21(20)16-10-25-11-17(23)18(16)19(24)26-21;1-18(2,3)24(22)21-17-16-11-14(20)6-5-13(16)12-19(17)9-7-15(23-4)8-10-19;1-10-7-5(8)3-2-4-6(7)9;1-3-4-2;/h2-3,8,10-11,14H,4-7,9H2,1H3,(H2,24,26);5-6,11,15H,7-10,12H2,1-4H3;2-4H;1,3-4H2,2H3;/q;;;-1;+1. The summed E-state index contributed by atoms with van der Waals surface area (Å²) in [5.41, 5.74) is 12.8. The van der Waals surface area contributed by atoms with Gasteiger partial charge in [0.15, 0.2) is 5.82 Å². The Morgan fingerprint density at radius 1 is 0.924 bits per heavy atom. The van der Waals surface area contributed by atoms with E-state index < -0.39 is 28.2 Å². The SMILES string of the molecule is COC1CCC2(CC1)Cc1ccc(Br)cc1C21N=C(N)c2c(F)cncc21.COC1CCC2(CC1)Cc1ccc(Br)cc1C2=NS(=O)C(C)(C)C.[C-]#[N+]c1c(F)cccc1I.[CH2-]CCC.[Li+]. The van der Waals surface area contributed by atoms with Crippen molar-refractivity contribution in [1.82, 2.24) is 4.98 Å². The summed E-state index contributed by atoms with van der Waals surface area (Å²) < 4.78 is 58.4. The van der Waals surface area contributed by atoms with E-state index >= 15 is 0 Å². The number of methoxy groups -OCH3 is 2. The fourth-order valence-electron chi connectivity index (χ4n) is 10.0. The molecule has 2 fully saturated rings. The van der Waals surface area contributed by atoms with E-state index in [9.17, 15) is 13.0 Å². The van der Waals surface area contributed by atoms with Crippen LogP contribution in [-0.2, 0) is 38.8 Å². The number of para-hydroxylation sites is 1. The third-order valence-electron chi connectivity index (χ3n) is 13.5. The molecule has 2 atom stereocenters. The molecule has 0 amide bonds. The fourth-order valence-corrected chi connectivity index (χ4v) is 12.1. The van der Waals surface area contributed by atoms with Gasteiger partial charge in [-0.3, -0.25) is 9.98 Å². The van der Waals surface area contributed by atoms with Gasteiger partial charge in [0.25, 0.3) is 0 Å². The van der Waals surface area contributed by atoms with Crippen molar-refractivity contribution in [3.63, 3.8) is 0 Å². The molecule has 2 heterocycles. The number of hydrogen-bond acceptors (Lipinski definition) is 6. The summed E-state index contributed by atoms with van der Waals surface area (Å²) in [4.78, 5) is 12.2. The van der Waals surface area contributed by atoms with E-state index in [1.807, 2.05) is 43.4 Å². The fraction of sp³-hybridized carbons (Fsp3) is 0.471. The van der Waals surface area contributed by atoms with Crippen LogP contribution in [0.2, 0.25) is 0 Å².